The average Bonchev–Trinajstić information content (AvgIpc) is 3.49. The minimum absolute atomic E-state index is 0.0171. The molecule has 2 aromatic rings. The molecular formula is C20H20F3N5O3. The molecule has 4 rings (SSSR count). The number of nitrogens with zero attached hydrogens (tertiary/aromatic N) is 3. The Kier molecular flexibility index (Phi) is 4.98. The highest BCUT2D eigenvalue weighted by atomic mass is 19.3. The summed E-state index contributed by atoms with van der Waals surface area (Å²) in [6, 6.07) is 2.10. The first-order valence-electron chi connectivity index (χ1n) is 9.47. The number of halogens is 3. The van der Waals surface area contributed by atoms with Crippen molar-refractivity contribution in [3.8, 4) is 5.88 Å². The second-order valence-corrected chi connectivity index (χ2v) is 7.53. The quantitative estimate of drug-likeness (QED) is 0.747. The van der Waals surface area contributed by atoms with Crippen molar-refractivity contribution >= 4 is 17.6 Å². The fourth-order valence-corrected chi connectivity index (χ4v) is 3.90. The molecule has 1 aliphatic heterocycles. The topological polar surface area (TPSA) is 112 Å². The first-order valence-corrected chi connectivity index (χ1v) is 9.47. The lowest BCUT2D eigenvalue weighted by Gasteiger charge is -2.33. The second-order valence-electron chi connectivity index (χ2n) is 7.53. The number of nitrogens with two attached hydrogens (primary N) is 1. The molecule has 2 heterocycles. The number of hydrogen-bond acceptors (Lipinski definition) is 7. The Labute approximate surface area is 175 Å². The molecule has 1 amide bonds. The summed E-state index contributed by atoms with van der Waals surface area (Å²) in [6.45, 7) is 2.99. The van der Waals surface area contributed by atoms with Crippen LogP contribution in [0.5, 0.6) is 5.88 Å². The minimum Gasteiger partial charge on any atom is -0.480 e. The van der Waals surface area contributed by atoms with Crippen LogP contribution in [0.1, 0.15) is 33.7 Å². The van der Waals surface area contributed by atoms with Crippen molar-refractivity contribution in [1.82, 2.24) is 9.97 Å². The molecule has 0 saturated heterocycles. The van der Waals surface area contributed by atoms with Crippen molar-refractivity contribution in [2.24, 2.45) is 16.6 Å². The van der Waals surface area contributed by atoms with Gasteiger partial charge in [-0.25, -0.2) is 28.1 Å². The molecule has 1 saturated carbocycles. The van der Waals surface area contributed by atoms with Gasteiger partial charge < -0.3 is 20.5 Å². The van der Waals surface area contributed by atoms with Gasteiger partial charge in [0.1, 0.15) is 17.6 Å². The van der Waals surface area contributed by atoms with Crippen molar-refractivity contribution in [1.29, 1.82) is 0 Å². The van der Waals surface area contributed by atoms with Gasteiger partial charge >= 0.3 is 0 Å². The summed E-state index contributed by atoms with van der Waals surface area (Å²) in [6.07, 6.45) is -2.01. The number of aryl methyl sites for hydroxylation is 2. The molecule has 0 bridgehead atoms. The molecule has 164 valence electrons. The molecule has 0 spiro atoms. The van der Waals surface area contributed by atoms with Gasteiger partial charge in [0.25, 0.3) is 18.4 Å². The number of nitrogens with one attached hydrogen (secondary N) is 1. The van der Waals surface area contributed by atoms with Crippen molar-refractivity contribution in [3.63, 3.8) is 0 Å². The van der Waals surface area contributed by atoms with Crippen LogP contribution in [-0.2, 0) is 10.3 Å². The van der Waals surface area contributed by atoms with Gasteiger partial charge in [0.2, 0.25) is 5.88 Å². The van der Waals surface area contributed by atoms with Gasteiger partial charge in [-0.15, -0.1) is 0 Å². The average molecular weight is 435 g/mol. The van der Waals surface area contributed by atoms with Crippen LogP contribution in [0, 0.1) is 25.6 Å². The van der Waals surface area contributed by atoms with Gasteiger partial charge in [-0.3, -0.25) is 4.79 Å². The van der Waals surface area contributed by atoms with E-state index < -0.39 is 41.7 Å². The Morgan fingerprint density at radius 1 is 1.39 bits per heavy atom. The molecule has 1 aromatic heterocycles. The zero-order valence-electron chi connectivity index (χ0n) is 16.9. The summed E-state index contributed by atoms with van der Waals surface area (Å²) >= 11 is 0. The molecule has 1 fully saturated rings. The SMILES string of the molecule is COc1cnc(C(=O)Nc2cc(C)c(F)c([C@@]3(C(F)F)N=C(N)O[C@@H]4C[C@@H]43)c2)c(C)n1. The smallest absolute Gasteiger partial charge is 0.283 e. The minimum atomic E-state index is -3.03. The number of methoxy groups -OCH3 is 1. The highest BCUT2D eigenvalue weighted by Gasteiger charge is 2.64. The number of aromatic nitrogens is 2. The second kappa shape index (κ2) is 7.40. The van der Waals surface area contributed by atoms with Crippen LogP contribution in [0.15, 0.2) is 23.3 Å². The lowest BCUT2D eigenvalue weighted by atomic mass is 9.83. The molecular weight excluding hydrogens is 415 g/mol. The number of aliphatic imine (C=N–C) groups is 1. The largest absolute Gasteiger partial charge is 0.480 e. The maximum atomic E-state index is 15.1. The first kappa shape index (κ1) is 20.9. The van der Waals surface area contributed by atoms with E-state index in [1.807, 2.05) is 0 Å². The Morgan fingerprint density at radius 2 is 2.13 bits per heavy atom. The van der Waals surface area contributed by atoms with Gasteiger partial charge in [0.05, 0.1) is 19.0 Å². The van der Waals surface area contributed by atoms with Crippen LogP contribution < -0.4 is 15.8 Å². The molecule has 3 N–H and O–H groups in total. The molecule has 8 nitrogen and oxygen atoms in total. The van der Waals surface area contributed by atoms with Crippen LogP contribution in [-0.4, -0.2) is 41.5 Å². The normalized spacial score (nSPS) is 24.2. The molecule has 1 aromatic carbocycles. The fourth-order valence-electron chi connectivity index (χ4n) is 3.90. The van der Waals surface area contributed by atoms with Crippen LogP contribution >= 0.6 is 0 Å². The van der Waals surface area contributed by atoms with Crippen LogP contribution in [0.4, 0.5) is 18.9 Å². The lowest BCUT2D eigenvalue weighted by molar-refractivity contribution is 0.0176. The number of carbonyl (C=O) groups is 1. The van der Waals surface area contributed by atoms with Gasteiger partial charge in [-0.2, -0.15) is 0 Å². The van der Waals surface area contributed by atoms with Gasteiger partial charge in [0, 0.05) is 17.2 Å². The van der Waals surface area contributed by atoms with E-state index in [-0.39, 0.29) is 34.8 Å². The summed E-state index contributed by atoms with van der Waals surface area (Å²) in [5.41, 5.74) is 3.60. The summed E-state index contributed by atoms with van der Waals surface area (Å²) in [5, 5.41) is 2.58. The van der Waals surface area contributed by atoms with Crippen molar-refractivity contribution in [2.45, 2.75) is 38.3 Å². The number of fused-ring (bicyclic) bond motifs is 1. The Balaban J connectivity index is 1.74. The summed E-state index contributed by atoms with van der Waals surface area (Å²) in [4.78, 5) is 24.6. The monoisotopic (exact) mass is 435 g/mol. The number of hydrogen-bond donors (Lipinski definition) is 2. The zero-order chi connectivity index (χ0) is 22.5. The number of anilines is 1. The van der Waals surface area contributed by atoms with Crippen LogP contribution in [0.25, 0.3) is 0 Å². The number of rotatable bonds is 5. The van der Waals surface area contributed by atoms with Crippen molar-refractivity contribution < 1.29 is 27.4 Å². The molecule has 1 aliphatic carbocycles. The zero-order valence-corrected chi connectivity index (χ0v) is 16.9. The Bertz CT molecular complexity index is 1090. The Morgan fingerprint density at radius 3 is 2.77 bits per heavy atom. The van der Waals surface area contributed by atoms with Gasteiger partial charge in [0.15, 0.2) is 5.54 Å². The lowest BCUT2D eigenvalue weighted by Crippen LogP contribution is -2.43. The van der Waals surface area contributed by atoms with E-state index in [2.05, 4.69) is 20.3 Å². The van der Waals surface area contributed by atoms with Crippen LogP contribution in [0.3, 0.4) is 0 Å². The molecule has 11 heteroatoms. The van der Waals surface area contributed by atoms with Crippen molar-refractivity contribution in [2.75, 3.05) is 12.4 Å². The number of alkyl halides is 2. The molecule has 31 heavy (non-hydrogen) atoms. The predicted molar refractivity (Wildman–Crippen MR) is 105 cm³/mol. The highest BCUT2D eigenvalue weighted by molar-refractivity contribution is 6.03. The van der Waals surface area contributed by atoms with Crippen LogP contribution in [0.2, 0.25) is 0 Å². The molecule has 0 unspecified atom stereocenters. The molecule has 0 radical (unpaired) electrons. The van der Waals surface area contributed by atoms with Gasteiger partial charge in [-0.1, -0.05) is 0 Å². The summed E-state index contributed by atoms with van der Waals surface area (Å²) < 4.78 is 53.9. The number of benzene rings is 1. The van der Waals surface area contributed by atoms with E-state index in [0.717, 1.165) is 6.07 Å². The van der Waals surface area contributed by atoms with E-state index in [9.17, 15) is 13.6 Å². The third-order valence-electron chi connectivity index (χ3n) is 5.49. The maximum Gasteiger partial charge on any atom is 0.283 e. The Hall–Kier alpha value is -3.37. The first-order chi connectivity index (χ1) is 14.7. The molecule has 3 atom stereocenters. The highest BCUT2D eigenvalue weighted by Crippen LogP contribution is 2.56. The number of ether oxygens (including phenoxy) is 2. The third-order valence-corrected chi connectivity index (χ3v) is 5.49. The van der Waals surface area contributed by atoms with E-state index in [4.69, 9.17) is 15.2 Å². The fraction of sp³-hybridized carbons (Fsp3) is 0.400. The predicted octanol–water partition coefficient (Wildman–Crippen LogP) is 2.69. The van der Waals surface area contributed by atoms with Gasteiger partial charge in [-0.05, 0) is 38.0 Å². The number of amides is 1. The van der Waals surface area contributed by atoms with E-state index in [1.54, 1.807) is 6.92 Å². The van der Waals surface area contributed by atoms with E-state index in [1.165, 1.54) is 26.3 Å². The summed E-state index contributed by atoms with van der Waals surface area (Å²) in [5.74, 6) is -1.94. The number of amidine groups is 1. The number of carbonyl (C=O) groups excluding carboxylic acids is 1. The summed E-state index contributed by atoms with van der Waals surface area (Å²) in [7, 11) is 1.42. The maximum absolute atomic E-state index is 15.1. The van der Waals surface area contributed by atoms with E-state index >= 15 is 4.39 Å². The van der Waals surface area contributed by atoms with Crippen molar-refractivity contribution in [3.05, 3.63) is 46.7 Å². The third kappa shape index (κ3) is 3.43. The van der Waals surface area contributed by atoms with E-state index in [0.29, 0.717) is 5.69 Å². The molecule has 2 aliphatic rings. The standard InChI is InChI=1S/C20H20F3N5O3/c1-8-4-10(27-17(29)16-9(2)26-14(30-3)7-25-16)5-12(15(8)21)20(18(22)23)11-6-13(11)31-19(24)28-20/h4-5,7,11,13,18H,6H2,1-3H3,(H2,24,28)(H,27,29)/t11-,13+,20-/m0/s1.